The summed E-state index contributed by atoms with van der Waals surface area (Å²) in [5.74, 6) is 0. The van der Waals surface area contributed by atoms with E-state index in [1.54, 1.807) is 4.72 Å². The lowest BCUT2D eigenvalue weighted by Gasteiger charge is -1.93. The number of rotatable bonds is 3. The Labute approximate surface area is 102 Å². The van der Waals surface area contributed by atoms with Crippen molar-refractivity contribution in [3.8, 4) is 0 Å². The summed E-state index contributed by atoms with van der Waals surface area (Å²) in [5, 5.41) is 7.99. The van der Waals surface area contributed by atoms with E-state index in [1.165, 1.54) is 0 Å². The lowest BCUT2D eigenvalue weighted by Crippen LogP contribution is -2.25. The maximum atomic E-state index is 9.72. The van der Waals surface area contributed by atoms with Crippen molar-refractivity contribution >= 4 is 31.1 Å². The Morgan fingerprint density at radius 3 is 1.00 bits per heavy atom. The van der Waals surface area contributed by atoms with Crippen molar-refractivity contribution in [3.05, 3.63) is 0 Å². The summed E-state index contributed by atoms with van der Waals surface area (Å²) in [6, 6.07) is 0. The van der Waals surface area contributed by atoms with Gasteiger partial charge in [0.2, 0.25) is 0 Å². The van der Waals surface area contributed by atoms with Gasteiger partial charge in [-0.2, -0.15) is 30.0 Å². The van der Waals surface area contributed by atoms with E-state index in [4.69, 9.17) is 44.7 Å². The molecule has 0 fully saturated rings. The van der Waals surface area contributed by atoms with Gasteiger partial charge in [-0.3, -0.25) is 22.8 Å². The molecule has 0 saturated heterocycles. The molecule has 0 bridgehead atoms. The molecule has 0 radical (unpaired) electrons. The SMILES string of the molecule is O=S(=O)(O)NCCO.O=S(=O)(O)O.O=S(=O)(O)O. The van der Waals surface area contributed by atoms with Gasteiger partial charge >= 0.3 is 31.1 Å². The van der Waals surface area contributed by atoms with E-state index in [2.05, 4.69) is 0 Å². The third-order valence-electron chi connectivity index (χ3n) is 0.396. The third kappa shape index (κ3) is 158. The monoisotopic (exact) mass is 337 g/mol. The Morgan fingerprint density at radius 1 is 0.722 bits per heavy atom. The Kier molecular flexibility index (Phi) is 12.0. The first-order valence-corrected chi connectivity index (χ1v) is 7.52. The van der Waals surface area contributed by atoms with E-state index in [0.717, 1.165) is 0 Å². The molecule has 13 nitrogen and oxygen atoms in total. The van der Waals surface area contributed by atoms with E-state index in [1.807, 2.05) is 0 Å². The van der Waals surface area contributed by atoms with E-state index in [0.29, 0.717) is 0 Å². The van der Waals surface area contributed by atoms with Gasteiger partial charge in [0.05, 0.1) is 6.61 Å². The van der Waals surface area contributed by atoms with E-state index in [-0.39, 0.29) is 13.2 Å². The molecule has 0 unspecified atom stereocenters. The topological polar surface area (TPSA) is 236 Å². The molecule has 0 saturated carbocycles. The van der Waals surface area contributed by atoms with Gasteiger partial charge in [-0.1, -0.05) is 0 Å². The molecule has 0 aliphatic heterocycles. The fourth-order valence-electron chi connectivity index (χ4n) is 0.175. The van der Waals surface area contributed by atoms with Crippen molar-refractivity contribution in [2.45, 2.75) is 0 Å². The summed E-state index contributed by atoms with van der Waals surface area (Å²) in [7, 11) is -13.4. The summed E-state index contributed by atoms with van der Waals surface area (Å²) in [6.45, 7) is -0.474. The lowest BCUT2D eigenvalue weighted by molar-refractivity contribution is 0.298. The van der Waals surface area contributed by atoms with Crippen LogP contribution in [0.4, 0.5) is 0 Å². The van der Waals surface area contributed by atoms with Crippen LogP contribution in [-0.2, 0) is 31.1 Å². The zero-order chi connectivity index (χ0) is 15.6. The fraction of sp³-hybridized carbons (Fsp3) is 1.00. The fourth-order valence-corrected chi connectivity index (χ4v) is 0.524. The second-order valence-corrected chi connectivity index (χ2v) is 5.02. The van der Waals surface area contributed by atoms with E-state index < -0.39 is 31.1 Å². The summed E-state index contributed by atoms with van der Waals surface area (Å²) in [6.07, 6.45) is 0. The van der Waals surface area contributed by atoms with Crippen molar-refractivity contribution < 1.29 is 53.1 Å². The largest absolute Gasteiger partial charge is 0.395 e. The molecule has 18 heavy (non-hydrogen) atoms. The summed E-state index contributed by atoms with van der Waals surface area (Å²) in [4.78, 5) is 0. The highest BCUT2D eigenvalue weighted by Gasteiger charge is 1.98. The molecule has 114 valence electrons. The molecule has 0 aliphatic carbocycles. The van der Waals surface area contributed by atoms with Crippen LogP contribution in [0.2, 0.25) is 0 Å². The quantitative estimate of drug-likeness (QED) is 0.256. The third-order valence-corrected chi connectivity index (χ3v) is 0.965. The maximum Gasteiger partial charge on any atom is 0.394 e. The minimum atomic E-state index is -4.67. The number of aliphatic hydroxyl groups excluding tert-OH is 1. The highest BCUT2D eigenvalue weighted by atomic mass is 32.3. The Balaban J connectivity index is -0.000000197. The van der Waals surface area contributed by atoms with Gasteiger partial charge in [-0.05, 0) is 0 Å². The Hall–Kier alpha value is -0.430. The molecule has 0 rings (SSSR count). The molecule has 0 aromatic carbocycles. The first-order chi connectivity index (χ1) is 7.56. The highest BCUT2D eigenvalue weighted by molar-refractivity contribution is 7.83. The van der Waals surface area contributed by atoms with Crippen LogP contribution in [0.3, 0.4) is 0 Å². The summed E-state index contributed by atoms with van der Waals surface area (Å²) in [5.41, 5.74) is 0. The smallest absolute Gasteiger partial charge is 0.394 e. The first kappa shape index (κ1) is 22.7. The van der Waals surface area contributed by atoms with Gasteiger partial charge in [0, 0.05) is 6.54 Å². The van der Waals surface area contributed by atoms with Crippen LogP contribution in [0.1, 0.15) is 0 Å². The van der Waals surface area contributed by atoms with Crippen molar-refractivity contribution in [2.75, 3.05) is 13.2 Å². The van der Waals surface area contributed by atoms with Gasteiger partial charge in [-0.15, -0.1) is 0 Å². The minimum Gasteiger partial charge on any atom is -0.395 e. The van der Waals surface area contributed by atoms with Gasteiger partial charge in [-0.25, -0.2) is 0 Å². The molecule has 16 heteroatoms. The first-order valence-electron chi connectivity index (χ1n) is 3.29. The second-order valence-electron chi connectivity index (χ2n) is 1.99. The standard InChI is InChI=1S/C2H7NO4S.2H2O4S/c4-2-1-3-8(5,6)7;2*1-5(2,3)4/h3-4H,1-2H2,(H,5,6,7);2*(H2,1,2,3,4). The molecule has 0 spiro atoms. The van der Waals surface area contributed by atoms with Crippen molar-refractivity contribution in [1.29, 1.82) is 0 Å². The molecular formula is C2H11NO12S3. The van der Waals surface area contributed by atoms with Gasteiger partial charge in [0.15, 0.2) is 0 Å². The number of aliphatic hydroxyl groups is 1. The van der Waals surface area contributed by atoms with Gasteiger partial charge < -0.3 is 5.11 Å². The van der Waals surface area contributed by atoms with Crippen LogP contribution < -0.4 is 4.72 Å². The highest BCUT2D eigenvalue weighted by Crippen LogP contribution is 1.68. The van der Waals surface area contributed by atoms with Crippen molar-refractivity contribution in [3.63, 3.8) is 0 Å². The molecule has 0 atom stereocenters. The average Bonchev–Trinajstić information content (AvgIpc) is 1.92. The summed E-state index contributed by atoms with van der Waals surface area (Å²) >= 11 is 0. The molecule has 7 N–H and O–H groups in total. The maximum absolute atomic E-state index is 9.72. The van der Waals surface area contributed by atoms with Crippen LogP contribution in [0.25, 0.3) is 0 Å². The van der Waals surface area contributed by atoms with E-state index in [9.17, 15) is 8.42 Å². The Morgan fingerprint density at radius 2 is 0.944 bits per heavy atom. The molecule has 0 aliphatic rings. The second kappa shape index (κ2) is 9.49. The predicted molar refractivity (Wildman–Crippen MR) is 55.0 cm³/mol. The lowest BCUT2D eigenvalue weighted by atomic mass is 10.8. The van der Waals surface area contributed by atoms with Crippen LogP contribution in [-0.4, -0.2) is 66.3 Å². The molecule has 0 aromatic rings. The minimum absolute atomic E-state index is 0.154. The number of nitrogens with one attached hydrogen (secondary N) is 1. The average molecular weight is 337 g/mol. The molecule has 0 heterocycles. The number of hydrogen-bond donors (Lipinski definition) is 7. The normalized spacial score (nSPS) is 11.7. The van der Waals surface area contributed by atoms with Crippen LogP contribution in [0, 0.1) is 0 Å². The zero-order valence-corrected chi connectivity index (χ0v) is 10.7. The van der Waals surface area contributed by atoms with Crippen LogP contribution in [0.15, 0.2) is 0 Å². The predicted octanol–water partition coefficient (Wildman–Crippen LogP) is -2.93. The Bertz CT molecular complexity index is 437. The van der Waals surface area contributed by atoms with E-state index >= 15 is 0 Å². The number of hydrogen-bond acceptors (Lipinski definition) is 7. The van der Waals surface area contributed by atoms with Crippen molar-refractivity contribution in [2.24, 2.45) is 0 Å². The van der Waals surface area contributed by atoms with Gasteiger partial charge in [0.25, 0.3) is 0 Å². The summed E-state index contributed by atoms with van der Waals surface area (Å²) < 4.78 is 92.2. The van der Waals surface area contributed by atoms with Crippen LogP contribution >= 0.6 is 0 Å². The van der Waals surface area contributed by atoms with Crippen LogP contribution in [0.5, 0.6) is 0 Å². The van der Waals surface area contributed by atoms with Gasteiger partial charge in [0.1, 0.15) is 0 Å². The van der Waals surface area contributed by atoms with Crippen molar-refractivity contribution in [1.82, 2.24) is 4.72 Å². The molecular weight excluding hydrogens is 326 g/mol. The molecule has 0 amide bonds. The molecule has 0 aromatic heterocycles. The zero-order valence-electron chi connectivity index (χ0n) is 8.27.